The van der Waals surface area contributed by atoms with Gasteiger partial charge in [0.25, 0.3) is 0 Å². The first-order chi connectivity index (χ1) is 13.6. The highest BCUT2D eigenvalue weighted by Gasteiger charge is 2.19. The molecule has 4 aromatic rings. The number of rotatable bonds is 5. The van der Waals surface area contributed by atoms with Crippen molar-refractivity contribution in [1.82, 2.24) is 19.9 Å². The van der Waals surface area contributed by atoms with Crippen molar-refractivity contribution >= 4 is 45.4 Å². The molecule has 7 heteroatoms. The van der Waals surface area contributed by atoms with Crippen LogP contribution in [0.2, 0.25) is 5.02 Å². The van der Waals surface area contributed by atoms with Crippen LogP contribution >= 0.6 is 11.6 Å². The molecule has 28 heavy (non-hydrogen) atoms. The van der Waals surface area contributed by atoms with E-state index in [-0.39, 0.29) is 11.8 Å². The SMILES string of the molecule is CCCCNC(=O)n1ccc2c(C(=O)c3c[nH]c4ncc(Cl)cc34)cccc21. The second kappa shape index (κ2) is 7.48. The van der Waals surface area contributed by atoms with Gasteiger partial charge >= 0.3 is 6.03 Å². The van der Waals surface area contributed by atoms with Gasteiger partial charge < -0.3 is 10.3 Å². The number of pyridine rings is 1. The van der Waals surface area contributed by atoms with Crippen molar-refractivity contribution < 1.29 is 9.59 Å². The zero-order chi connectivity index (χ0) is 19.7. The Morgan fingerprint density at radius 1 is 1.21 bits per heavy atom. The third-order valence-electron chi connectivity index (χ3n) is 4.75. The van der Waals surface area contributed by atoms with E-state index in [2.05, 4.69) is 22.2 Å². The summed E-state index contributed by atoms with van der Waals surface area (Å²) < 4.78 is 1.54. The van der Waals surface area contributed by atoms with Crippen LogP contribution in [0, 0.1) is 0 Å². The number of nitrogens with one attached hydrogen (secondary N) is 2. The molecule has 0 atom stereocenters. The van der Waals surface area contributed by atoms with E-state index in [1.54, 1.807) is 36.7 Å². The molecular weight excluding hydrogens is 376 g/mol. The normalized spacial score (nSPS) is 11.2. The minimum Gasteiger partial charge on any atom is -0.345 e. The van der Waals surface area contributed by atoms with E-state index < -0.39 is 0 Å². The summed E-state index contributed by atoms with van der Waals surface area (Å²) in [6.45, 7) is 2.69. The predicted molar refractivity (Wildman–Crippen MR) is 110 cm³/mol. The molecule has 0 radical (unpaired) electrons. The minimum atomic E-state index is -0.198. The fourth-order valence-electron chi connectivity index (χ4n) is 3.31. The van der Waals surface area contributed by atoms with Crippen molar-refractivity contribution in [2.24, 2.45) is 0 Å². The molecule has 0 saturated carbocycles. The quantitative estimate of drug-likeness (QED) is 0.378. The fraction of sp³-hybridized carbons (Fsp3) is 0.190. The highest BCUT2D eigenvalue weighted by Crippen LogP contribution is 2.27. The first-order valence-electron chi connectivity index (χ1n) is 9.15. The van der Waals surface area contributed by atoms with E-state index in [1.165, 1.54) is 10.8 Å². The molecular formula is C21H19ClN4O2. The lowest BCUT2D eigenvalue weighted by Gasteiger charge is -2.07. The Balaban J connectivity index is 1.74. The maximum absolute atomic E-state index is 13.2. The number of hydrogen-bond donors (Lipinski definition) is 2. The summed E-state index contributed by atoms with van der Waals surface area (Å²) in [7, 11) is 0. The van der Waals surface area contributed by atoms with Gasteiger partial charge in [0, 0.05) is 47.0 Å². The molecule has 3 heterocycles. The van der Waals surface area contributed by atoms with E-state index >= 15 is 0 Å². The van der Waals surface area contributed by atoms with Crippen molar-refractivity contribution in [3.05, 3.63) is 65.1 Å². The topological polar surface area (TPSA) is 79.8 Å². The number of hydrogen-bond acceptors (Lipinski definition) is 3. The number of unbranched alkanes of at least 4 members (excludes halogenated alkanes) is 1. The van der Waals surface area contributed by atoms with Gasteiger partial charge in [-0.3, -0.25) is 9.36 Å². The molecule has 0 aliphatic carbocycles. The van der Waals surface area contributed by atoms with Gasteiger partial charge in [-0.2, -0.15) is 0 Å². The molecule has 1 amide bonds. The summed E-state index contributed by atoms with van der Waals surface area (Å²) in [4.78, 5) is 32.9. The lowest BCUT2D eigenvalue weighted by molar-refractivity contribution is 0.104. The Bertz CT molecular complexity index is 1190. The lowest BCUT2D eigenvalue weighted by atomic mass is 10.0. The van der Waals surface area contributed by atoms with E-state index in [1.807, 2.05) is 6.07 Å². The Labute approximate surface area is 166 Å². The number of fused-ring (bicyclic) bond motifs is 2. The largest absolute Gasteiger partial charge is 0.345 e. The number of benzene rings is 1. The number of nitrogens with zero attached hydrogens (tertiary/aromatic N) is 2. The average molecular weight is 395 g/mol. The predicted octanol–water partition coefficient (Wildman–Crippen LogP) is 4.76. The maximum atomic E-state index is 13.2. The van der Waals surface area contributed by atoms with E-state index in [9.17, 15) is 9.59 Å². The molecule has 0 spiro atoms. The zero-order valence-corrected chi connectivity index (χ0v) is 16.1. The monoisotopic (exact) mass is 394 g/mol. The molecule has 0 unspecified atom stereocenters. The Morgan fingerprint density at radius 2 is 2.07 bits per heavy atom. The molecule has 0 aliphatic heterocycles. The number of amides is 1. The van der Waals surface area contributed by atoms with Crippen molar-refractivity contribution in [1.29, 1.82) is 0 Å². The van der Waals surface area contributed by atoms with Crippen LogP contribution in [-0.2, 0) is 0 Å². The second-order valence-corrected chi connectivity index (χ2v) is 7.03. The summed E-state index contributed by atoms with van der Waals surface area (Å²) >= 11 is 6.05. The number of H-pyrrole nitrogens is 1. The van der Waals surface area contributed by atoms with Gasteiger partial charge in [-0.15, -0.1) is 0 Å². The first kappa shape index (κ1) is 18.3. The highest BCUT2D eigenvalue weighted by atomic mass is 35.5. The lowest BCUT2D eigenvalue weighted by Crippen LogP contribution is -2.28. The molecule has 0 bridgehead atoms. The summed E-state index contributed by atoms with van der Waals surface area (Å²) in [5.74, 6) is -0.148. The zero-order valence-electron chi connectivity index (χ0n) is 15.3. The maximum Gasteiger partial charge on any atom is 0.326 e. The van der Waals surface area contributed by atoms with Crippen LogP contribution in [0.15, 0.2) is 48.9 Å². The van der Waals surface area contributed by atoms with Gasteiger partial charge in [-0.05, 0) is 24.6 Å². The van der Waals surface area contributed by atoms with Gasteiger partial charge in [-0.25, -0.2) is 9.78 Å². The van der Waals surface area contributed by atoms with Crippen molar-refractivity contribution in [2.75, 3.05) is 6.54 Å². The third-order valence-corrected chi connectivity index (χ3v) is 4.95. The standard InChI is InChI=1S/C21H19ClN4O2/c1-2-3-8-23-21(28)26-9-7-14-15(5-4-6-18(14)26)19(27)17-12-25-20-16(17)10-13(22)11-24-20/h4-7,9-12H,2-3,8H2,1H3,(H,23,28)(H,24,25). The number of carbonyl (C=O) groups excluding carboxylic acids is 2. The van der Waals surface area contributed by atoms with E-state index in [0.717, 1.165) is 18.2 Å². The van der Waals surface area contributed by atoms with Crippen LogP contribution in [0.1, 0.15) is 35.7 Å². The van der Waals surface area contributed by atoms with Crippen LogP contribution in [0.3, 0.4) is 0 Å². The van der Waals surface area contributed by atoms with Gasteiger partial charge in [0.05, 0.1) is 10.5 Å². The minimum absolute atomic E-state index is 0.148. The second-order valence-electron chi connectivity index (χ2n) is 6.59. The molecule has 1 aromatic carbocycles. The molecule has 0 saturated heterocycles. The fourth-order valence-corrected chi connectivity index (χ4v) is 3.47. The molecule has 6 nitrogen and oxygen atoms in total. The van der Waals surface area contributed by atoms with Gasteiger partial charge in [-0.1, -0.05) is 37.1 Å². The Kier molecular flexibility index (Phi) is 4.88. The van der Waals surface area contributed by atoms with E-state index in [4.69, 9.17) is 11.6 Å². The van der Waals surface area contributed by atoms with E-state index in [0.29, 0.717) is 39.2 Å². The number of carbonyl (C=O) groups is 2. The molecule has 3 aromatic heterocycles. The van der Waals surface area contributed by atoms with Gasteiger partial charge in [0.2, 0.25) is 0 Å². The first-order valence-corrected chi connectivity index (χ1v) is 9.53. The molecule has 0 aliphatic rings. The van der Waals surface area contributed by atoms with Crippen LogP contribution in [0.25, 0.3) is 21.9 Å². The van der Waals surface area contributed by atoms with Crippen molar-refractivity contribution in [3.63, 3.8) is 0 Å². The van der Waals surface area contributed by atoms with Gasteiger partial charge in [0.1, 0.15) is 5.65 Å². The molecule has 142 valence electrons. The Morgan fingerprint density at radius 3 is 2.89 bits per heavy atom. The summed E-state index contributed by atoms with van der Waals surface area (Å²) in [6.07, 6.45) is 6.80. The van der Waals surface area contributed by atoms with Crippen LogP contribution in [-0.4, -0.2) is 32.9 Å². The molecule has 0 fully saturated rings. The smallest absolute Gasteiger partial charge is 0.326 e. The van der Waals surface area contributed by atoms with Crippen LogP contribution in [0.4, 0.5) is 4.79 Å². The number of halogens is 1. The van der Waals surface area contributed by atoms with Gasteiger partial charge in [0.15, 0.2) is 5.78 Å². The third kappa shape index (κ3) is 3.16. The van der Waals surface area contributed by atoms with Crippen LogP contribution in [0.5, 0.6) is 0 Å². The van der Waals surface area contributed by atoms with Crippen LogP contribution < -0.4 is 5.32 Å². The Hall–Kier alpha value is -3.12. The number of ketones is 1. The van der Waals surface area contributed by atoms with Crippen molar-refractivity contribution in [3.8, 4) is 0 Å². The highest BCUT2D eigenvalue weighted by molar-refractivity contribution is 6.31. The average Bonchev–Trinajstić information content (AvgIpc) is 3.31. The molecule has 2 N–H and O–H groups in total. The number of aromatic amines is 1. The summed E-state index contributed by atoms with van der Waals surface area (Å²) in [6, 6.07) is 8.70. The summed E-state index contributed by atoms with van der Waals surface area (Å²) in [5.41, 5.74) is 2.32. The number of aromatic nitrogens is 3. The van der Waals surface area contributed by atoms with Crippen molar-refractivity contribution in [2.45, 2.75) is 19.8 Å². The summed E-state index contributed by atoms with van der Waals surface area (Å²) in [5, 5.41) is 4.76. The molecule has 4 rings (SSSR count).